The van der Waals surface area contributed by atoms with Crippen LogP contribution in [-0.4, -0.2) is 102 Å². The van der Waals surface area contributed by atoms with E-state index in [2.05, 4.69) is 26.6 Å². The minimum absolute atomic E-state index is 0.178. The fraction of sp³-hybridized carbons (Fsp3) is 0.714. The molecule has 2 aliphatic rings. The van der Waals surface area contributed by atoms with E-state index in [0.29, 0.717) is 0 Å². The summed E-state index contributed by atoms with van der Waals surface area (Å²) < 4.78 is 17.2. The van der Waals surface area contributed by atoms with Crippen LogP contribution in [0.2, 0.25) is 0 Å². The number of nitrogens with one attached hydrogen (secondary N) is 5. The molecule has 208 valence electrons. The Morgan fingerprint density at radius 3 is 1.68 bits per heavy atom. The monoisotopic (exact) mass is 530 g/mol. The predicted molar refractivity (Wildman–Crippen MR) is 123 cm³/mol. The first-order chi connectivity index (χ1) is 17.2. The number of aliphatic hydroxyl groups excluding tert-OH is 1. The van der Waals surface area contributed by atoms with Crippen LogP contribution in [-0.2, 0) is 43.0 Å². The first-order valence-electron chi connectivity index (χ1n) is 11.5. The fourth-order valence-electron chi connectivity index (χ4n) is 4.38. The lowest BCUT2D eigenvalue weighted by Crippen LogP contribution is -2.73. The zero-order valence-corrected chi connectivity index (χ0v) is 21.1. The molecule has 9 unspecified atom stereocenters. The average molecular weight is 531 g/mol. The first kappa shape index (κ1) is 29.9. The Morgan fingerprint density at radius 1 is 0.730 bits per heavy atom. The van der Waals surface area contributed by atoms with Gasteiger partial charge in [-0.3, -0.25) is 28.8 Å². The van der Waals surface area contributed by atoms with E-state index in [1.165, 1.54) is 34.6 Å². The van der Waals surface area contributed by atoms with Crippen molar-refractivity contribution in [1.29, 1.82) is 0 Å². The van der Waals surface area contributed by atoms with Crippen molar-refractivity contribution < 1.29 is 48.1 Å². The van der Waals surface area contributed by atoms with E-state index in [4.69, 9.17) is 19.9 Å². The number of nitrogens with two attached hydrogens (primary N) is 1. The molecule has 37 heavy (non-hydrogen) atoms. The number of amides is 6. The van der Waals surface area contributed by atoms with E-state index in [9.17, 15) is 33.9 Å². The molecular weight excluding hydrogens is 496 g/mol. The number of hydrogen-bond acceptors (Lipinski definition) is 10. The molecular formula is C21H34N6O10. The highest BCUT2D eigenvalue weighted by molar-refractivity contribution is 5.81. The Morgan fingerprint density at radius 2 is 1.19 bits per heavy atom. The van der Waals surface area contributed by atoms with Crippen LogP contribution in [0.15, 0.2) is 0 Å². The van der Waals surface area contributed by atoms with Gasteiger partial charge in [-0.2, -0.15) is 0 Å². The molecule has 0 aromatic rings. The molecule has 2 saturated heterocycles. The standard InChI is InChI=1S/C21H34N6O10/c1-7(28)23-12-6-35-21(16(27-11(5)32)13(12)24-8(2)29)37-17-14(25-9(3)30)15(26-10(4)31)20(34)36-18(17)19(22)33/h12-18,20-21,34H,6H2,1-5H3,(H2,22,33)(H,23,28)(H,24,29)(H,25,30)(H,26,31)(H,27,32). The van der Waals surface area contributed by atoms with Gasteiger partial charge in [0.05, 0.1) is 24.7 Å². The van der Waals surface area contributed by atoms with E-state index < -0.39 is 90.4 Å². The summed E-state index contributed by atoms with van der Waals surface area (Å²) in [6.07, 6.45) is -6.16. The largest absolute Gasteiger partial charge is 0.367 e. The zero-order chi connectivity index (χ0) is 28.0. The molecule has 0 spiro atoms. The summed E-state index contributed by atoms with van der Waals surface area (Å²) in [7, 11) is 0. The molecule has 8 N–H and O–H groups in total. The van der Waals surface area contributed by atoms with E-state index >= 15 is 0 Å². The Kier molecular flexibility index (Phi) is 10.3. The highest BCUT2D eigenvalue weighted by atomic mass is 16.7. The van der Waals surface area contributed by atoms with Crippen molar-refractivity contribution in [2.45, 2.75) is 89.6 Å². The zero-order valence-electron chi connectivity index (χ0n) is 21.1. The Hall–Kier alpha value is -3.34. The predicted octanol–water partition coefficient (Wildman–Crippen LogP) is -4.55. The van der Waals surface area contributed by atoms with Crippen LogP contribution in [0.5, 0.6) is 0 Å². The number of carbonyl (C=O) groups excluding carboxylic acids is 6. The Labute approximate surface area is 212 Å². The second kappa shape index (κ2) is 12.8. The molecule has 2 heterocycles. The van der Waals surface area contributed by atoms with Crippen molar-refractivity contribution in [3.8, 4) is 0 Å². The molecule has 0 bridgehead atoms. The quantitative estimate of drug-likeness (QED) is 0.159. The van der Waals surface area contributed by atoms with Crippen LogP contribution in [0.1, 0.15) is 34.6 Å². The maximum atomic E-state index is 12.2. The SMILES string of the molecule is CC(=O)NC1COC(OC2C(C(N)=O)OC(O)C(NC(C)=O)C2NC(C)=O)C(NC(C)=O)C1NC(C)=O. The molecule has 0 aromatic heterocycles. The minimum Gasteiger partial charge on any atom is -0.367 e. The summed E-state index contributed by atoms with van der Waals surface area (Å²) in [4.78, 5) is 71.7. The molecule has 2 aliphatic heterocycles. The van der Waals surface area contributed by atoms with Crippen LogP contribution >= 0.6 is 0 Å². The fourth-order valence-corrected chi connectivity index (χ4v) is 4.38. The highest BCUT2D eigenvalue weighted by Gasteiger charge is 2.52. The molecule has 0 saturated carbocycles. The molecule has 2 fully saturated rings. The van der Waals surface area contributed by atoms with Gasteiger partial charge in [0.15, 0.2) is 18.7 Å². The maximum Gasteiger partial charge on any atom is 0.249 e. The van der Waals surface area contributed by atoms with E-state index in [1.807, 2.05) is 0 Å². The third kappa shape index (κ3) is 8.08. The molecule has 6 amide bonds. The summed E-state index contributed by atoms with van der Waals surface area (Å²) in [5.74, 6) is -3.64. The van der Waals surface area contributed by atoms with Crippen molar-refractivity contribution in [2.75, 3.05) is 6.61 Å². The van der Waals surface area contributed by atoms with Crippen LogP contribution in [0, 0.1) is 0 Å². The minimum atomic E-state index is -1.74. The van der Waals surface area contributed by atoms with Gasteiger partial charge in [0, 0.05) is 34.6 Å². The number of carbonyl (C=O) groups is 6. The lowest BCUT2D eigenvalue weighted by Gasteiger charge is -2.48. The van der Waals surface area contributed by atoms with Crippen LogP contribution in [0.3, 0.4) is 0 Å². The molecule has 0 aromatic carbocycles. The van der Waals surface area contributed by atoms with Crippen molar-refractivity contribution >= 4 is 35.4 Å². The van der Waals surface area contributed by atoms with Crippen molar-refractivity contribution in [2.24, 2.45) is 5.73 Å². The lowest BCUT2D eigenvalue weighted by molar-refractivity contribution is -0.276. The maximum absolute atomic E-state index is 12.2. The molecule has 9 atom stereocenters. The second-order valence-corrected chi connectivity index (χ2v) is 8.86. The normalized spacial score (nSPS) is 33.4. The highest BCUT2D eigenvalue weighted by Crippen LogP contribution is 2.27. The summed E-state index contributed by atoms with van der Waals surface area (Å²) in [5.41, 5.74) is 5.48. The van der Waals surface area contributed by atoms with Gasteiger partial charge in [0.2, 0.25) is 35.4 Å². The molecule has 0 aliphatic carbocycles. The first-order valence-corrected chi connectivity index (χ1v) is 11.5. The average Bonchev–Trinajstić information content (AvgIpc) is 2.74. The van der Waals surface area contributed by atoms with Gasteiger partial charge in [0.1, 0.15) is 18.2 Å². The summed E-state index contributed by atoms with van der Waals surface area (Å²) >= 11 is 0. The van der Waals surface area contributed by atoms with Gasteiger partial charge < -0.3 is 51.6 Å². The number of hydrogen-bond donors (Lipinski definition) is 7. The number of rotatable bonds is 8. The van der Waals surface area contributed by atoms with Crippen molar-refractivity contribution in [3.63, 3.8) is 0 Å². The van der Waals surface area contributed by atoms with Gasteiger partial charge in [0.25, 0.3) is 0 Å². The van der Waals surface area contributed by atoms with Crippen LogP contribution in [0.25, 0.3) is 0 Å². The van der Waals surface area contributed by atoms with E-state index in [-0.39, 0.29) is 6.61 Å². The second-order valence-electron chi connectivity index (χ2n) is 8.86. The Bertz CT molecular complexity index is 916. The third-order valence-corrected chi connectivity index (χ3v) is 5.63. The number of ether oxygens (including phenoxy) is 3. The number of primary amides is 1. The van der Waals surface area contributed by atoms with Gasteiger partial charge in [-0.1, -0.05) is 0 Å². The van der Waals surface area contributed by atoms with Gasteiger partial charge >= 0.3 is 0 Å². The molecule has 16 nitrogen and oxygen atoms in total. The molecule has 16 heteroatoms. The smallest absolute Gasteiger partial charge is 0.249 e. The van der Waals surface area contributed by atoms with E-state index in [1.54, 1.807) is 0 Å². The number of aliphatic hydroxyl groups is 1. The van der Waals surface area contributed by atoms with Crippen molar-refractivity contribution in [3.05, 3.63) is 0 Å². The summed E-state index contributed by atoms with van der Waals surface area (Å²) in [6.45, 7) is 5.89. The van der Waals surface area contributed by atoms with Gasteiger partial charge in [-0.15, -0.1) is 0 Å². The molecule has 2 rings (SSSR count). The summed E-state index contributed by atoms with van der Waals surface area (Å²) in [6, 6.07) is -5.30. The summed E-state index contributed by atoms with van der Waals surface area (Å²) in [5, 5.41) is 23.3. The van der Waals surface area contributed by atoms with Crippen LogP contribution < -0.4 is 32.3 Å². The van der Waals surface area contributed by atoms with E-state index in [0.717, 1.165) is 0 Å². The topological polar surface area (TPSA) is 237 Å². The lowest BCUT2D eigenvalue weighted by atomic mass is 9.92. The molecule has 0 radical (unpaired) electrons. The van der Waals surface area contributed by atoms with Gasteiger partial charge in [-0.25, -0.2) is 0 Å². The Balaban J connectivity index is 2.49. The third-order valence-electron chi connectivity index (χ3n) is 5.63. The van der Waals surface area contributed by atoms with Crippen molar-refractivity contribution in [1.82, 2.24) is 26.6 Å². The van der Waals surface area contributed by atoms with Gasteiger partial charge in [-0.05, 0) is 0 Å². The van der Waals surface area contributed by atoms with Crippen LogP contribution in [0.4, 0.5) is 0 Å².